The standard InChI is InChI=1S/C21H27N3O3S/c1-4-23(5-2)28(26,27)19-11-8-10-18(14-19)22-15-21(25)24-16(3)13-17-9-6-7-12-20(17)24/h6-12,14,16,22H,4-5,13,15H2,1-3H3/t16-/m0/s1. The number of hydrogen-bond donors (Lipinski definition) is 1. The highest BCUT2D eigenvalue weighted by atomic mass is 32.2. The normalized spacial score (nSPS) is 16.3. The summed E-state index contributed by atoms with van der Waals surface area (Å²) in [4.78, 5) is 14.9. The number of sulfonamides is 1. The van der Waals surface area contributed by atoms with Crippen LogP contribution in [-0.4, -0.2) is 44.3 Å². The molecule has 0 saturated carbocycles. The third-order valence-corrected chi connectivity index (χ3v) is 7.14. The molecule has 0 bridgehead atoms. The number of carbonyl (C=O) groups is 1. The lowest BCUT2D eigenvalue weighted by Gasteiger charge is -2.23. The number of nitrogens with one attached hydrogen (secondary N) is 1. The Morgan fingerprint density at radius 2 is 1.86 bits per heavy atom. The van der Waals surface area contributed by atoms with Gasteiger partial charge in [-0.25, -0.2) is 8.42 Å². The zero-order valence-electron chi connectivity index (χ0n) is 16.6. The van der Waals surface area contributed by atoms with Crippen LogP contribution in [0.2, 0.25) is 0 Å². The second-order valence-corrected chi connectivity index (χ2v) is 8.85. The molecule has 1 aliphatic rings. The first-order valence-electron chi connectivity index (χ1n) is 9.62. The monoisotopic (exact) mass is 401 g/mol. The molecule has 28 heavy (non-hydrogen) atoms. The minimum atomic E-state index is -3.53. The van der Waals surface area contributed by atoms with Crippen molar-refractivity contribution in [1.29, 1.82) is 0 Å². The van der Waals surface area contributed by atoms with Crippen molar-refractivity contribution in [3.63, 3.8) is 0 Å². The molecule has 0 aliphatic carbocycles. The summed E-state index contributed by atoms with van der Waals surface area (Å²) in [7, 11) is -3.53. The molecule has 7 heteroatoms. The fraction of sp³-hybridized carbons (Fsp3) is 0.381. The van der Waals surface area contributed by atoms with Crippen LogP contribution in [0.4, 0.5) is 11.4 Å². The molecular formula is C21H27N3O3S. The largest absolute Gasteiger partial charge is 0.376 e. The van der Waals surface area contributed by atoms with Crippen LogP contribution in [0.1, 0.15) is 26.3 Å². The van der Waals surface area contributed by atoms with Crippen molar-refractivity contribution in [3.05, 3.63) is 54.1 Å². The quantitative estimate of drug-likeness (QED) is 0.774. The van der Waals surface area contributed by atoms with Crippen LogP contribution in [0, 0.1) is 0 Å². The summed E-state index contributed by atoms with van der Waals surface area (Å²) in [6, 6.07) is 14.7. The van der Waals surface area contributed by atoms with Crippen LogP contribution in [-0.2, 0) is 21.2 Å². The highest BCUT2D eigenvalue weighted by Crippen LogP contribution is 2.31. The summed E-state index contributed by atoms with van der Waals surface area (Å²) in [5.41, 5.74) is 2.75. The van der Waals surface area contributed by atoms with Crippen molar-refractivity contribution in [2.75, 3.05) is 29.9 Å². The Balaban J connectivity index is 1.73. The van der Waals surface area contributed by atoms with Gasteiger partial charge in [-0.2, -0.15) is 4.31 Å². The predicted molar refractivity (Wildman–Crippen MR) is 112 cm³/mol. The number of carbonyl (C=O) groups excluding carboxylic acids is 1. The van der Waals surface area contributed by atoms with E-state index < -0.39 is 10.0 Å². The SMILES string of the molecule is CCN(CC)S(=O)(=O)c1cccc(NCC(=O)N2c3ccccc3C[C@@H]2C)c1. The van der Waals surface area contributed by atoms with E-state index in [2.05, 4.69) is 5.32 Å². The minimum Gasteiger partial charge on any atom is -0.376 e. The van der Waals surface area contributed by atoms with Crippen molar-refractivity contribution in [2.24, 2.45) is 0 Å². The van der Waals surface area contributed by atoms with Crippen molar-refractivity contribution >= 4 is 27.3 Å². The van der Waals surface area contributed by atoms with Gasteiger partial charge in [0.05, 0.1) is 11.4 Å². The Kier molecular flexibility index (Phi) is 6.05. The number of para-hydroxylation sites is 1. The van der Waals surface area contributed by atoms with Gasteiger partial charge in [0.2, 0.25) is 15.9 Å². The number of anilines is 2. The van der Waals surface area contributed by atoms with Gasteiger partial charge in [-0.05, 0) is 43.2 Å². The maximum Gasteiger partial charge on any atom is 0.246 e. The Bertz CT molecular complexity index is 955. The van der Waals surface area contributed by atoms with Crippen LogP contribution in [0.5, 0.6) is 0 Å². The molecule has 0 unspecified atom stereocenters. The van der Waals surface area contributed by atoms with Gasteiger partial charge in [-0.1, -0.05) is 38.1 Å². The number of hydrogen-bond acceptors (Lipinski definition) is 4. The number of amides is 1. The van der Waals surface area contributed by atoms with Crippen LogP contribution in [0.3, 0.4) is 0 Å². The average molecular weight is 402 g/mol. The number of rotatable bonds is 7. The summed E-state index contributed by atoms with van der Waals surface area (Å²) in [5, 5.41) is 3.09. The van der Waals surface area contributed by atoms with Crippen LogP contribution < -0.4 is 10.2 Å². The molecule has 1 aliphatic heterocycles. The van der Waals surface area contributed by atoms with Crippen molar-refractivity contribution < 1.29 is 13.2 Å². The van der Waals surface area contributed by atoms with E-state index in [1.807, 2.05) is 49.9 Å². The molecule has 1 amide bonds. The zero-order chi connectivity index (χ0) is 20.3. The second kappa shape index (κ2) is 8.32. The third-order valence-electron chi connectivity index (χ3n) is 5.10. The molecule has 1 N–H and O–H groups in total. The van der Waals surface area contributed by atoms with Gasteiger partial charge >= 0.3 is 0 Å². The van der Waals surface area contributed by atoms with Gasteiger partial charge in [0.1, 0.15) is 0 Å². The molecular weight excluding hydrogens is 374 g/mol. The van der Waals surface area contributed by atoms with Crippen molar-refractivity contribution in [1.82, 2.24) is 4.31 Å². The summed E-state index contributed by atoms with van der Waals surface area (Å²) >= 11 is 0. The van der Waals surface area contributed by atoms with Gasteiger partial charge in [-0.3, -0.25) is 4.79 Å². The van der Waals surface area contributed by atoms with Gasteiger partial charge in [0.15, 0.2) is 0 Å². The van der Waals surface area contributed by atoms with E-state index in [4.69, 9.17) is 0 Å². The van der Waals surface area contributed by atoms with E-state index in [-0.39, 0.29) is 23.4 Å². The van der Waals surface area contributed by atoms with E-state index >= 15 is 0 Å². The van der Waals surface area contributed by atoms with Crippen LogP contribution in [0.15, 0.2) is 53.4 Å². The molecule has 6 nitrogen and oxygen atoms in total. The summed E-state index contributed by atoms with van der Waals surface area (Å²) in [5.74, 6) is -0.0329. The van der Waals surface area contributed by atoms with Gasteiger partial charge in [0.25, 0.3) is 0 Å². The lowest BCUT2D eigenvalue weighted by molar-refractivity contribution is -0.117. The van der Waals surface area contributed by atoms with Crippen LogP contribution in [0.25, 0.3) is 0 Å². The van der Waals surface area contributed by atoms with Gasteiger partial charge in [-0.15, -0.1) is 0 Å². The molecule has 0 radical (unpaired) electrons. The molecule has 1 atom stereocenters. The van der Waals surface area contributed by atoms with E-state index in [9.17, 15) is 13.2 Å². The smallest absolute Gasteiger partial charge is 0.246 e. The second-order valence-electron chi connectivity index (χ2n) is 6.92. The Morgan fingerprint density at radius 3 is 2.57 bits per heavy atom. The lowest BCUT2D eigenvalue weighted by Crippen LogP contribution is -2.39. The molecule has 150 valence electrons. The van der Waals surface area contributed by atoms with Gasteiger partial charge < -0.3 is 10.2 Å². The third kappa shape index (κ3) is 3.91. The highest BCUT2D eigenvalue weighted by molar-refractivity contribution is 7.89. The summed E-state index contributed by atoms with van der Waals surface area (Å²) in [6.45, 7) is 6.61. The van der Waals surface area contributed by atoms with Crippen molar-refractivity contribution in [3.8, 4) is 0 Å². The Hall–Kier alpha value is -2.38. The summed E-state index contributed by atoms with van der Waals surface area (Å²) < 4.78 is 26.8. The first kappa shape index (κ1) is 20.4. The maximum atomic E-state index is 12.8. The first-order chi connectivity index (χ1) is 13.4. The van der Waals surface area contributed by atoms with E-state index in [0.717, 1.165) is 12.1 Å². The molecule has 1 heterocycles. The number of nitrogens with zero attached hydrogens (tertiary/aromatic N) is 2. The fourth-order valence-corrected chi connectivity index (χ4v) is 5.19. The molecule has 3 rings (SSSR count). The zero-order valence-corrected chi connectivity index (χ0v) is 17.4. The Morgan fingerprint density at radius 1 is 1.14 bits per heavy atom. The fourth-order valence-electron chi connectivity index (χ4n) is 3.69. The van der Waals surface area contributed by atoms with Crippen LogP contribution >= 0.6 is 0 Å². The average Bonchev–Trinajstić information content (AvgIpc) is 3.03. The minimum absolute atomic E-state index is 0.0329. The molecule has 0 fully saturated rings. The van der Waals surface area contributed by atoms with Gasteiger partial charge in [0, 0.05) is 30.5 Å². The topological polar surface area (TPSA) is 69.7 Å². The lowest BCUT2D eigenvalue weighted by atomic mass is 10.1. The molecule has 0 saturated heterocycles. The number of benzene rings is 2. The molecule has 0 spiro atoms. The predicted octanol–water partition coefficient (Wildman–Crippen LogP) is 3.11. The molecule has 0 aromatic heterocycles. The molecule has 2 aromatic carbocycles. The van der Waals surface area contributed by atoms with Crippen molar-refractivity contribution in [2.45, 2.75) is 38.1 Å². The molecule has 2 aromatic rings. The number of fused-ring (bicyclic) bond motifs is 1. The van der Waals surface area contributed by atoms with E-state index in [1.165, 1.54) is 9.87 Å². The Labute approximate surface area is 167 Å². The van der Waals surface area contributed by atoms with E-state index in [1.54, 1.807) is 24.3 Å². The maximum absolute atomic E-state index is 12.8. The first-order valence-corrected chi connectivity index (χ1v) is 11.1. The van der Waals surface area contributed by atoms with E-state index in [0.29, 0.717) is 18.8 Å². The summed E-state index contributed by atoms with van der Waals surface area (Å²) in [6.07, 6.45) is 0.847. The highest BCUT2D eigenvalue weighted by Gasteiger charge is 2.30.